The molecule has 1 aromatic carbocycles. The van der Waals surface area contributed by atoms with Gasteiger partial charge in [0.25, 0.3) is 0 Å². The van der Waals surface area contributed by atoms with Gasteiger partial charge < -0.3 is 4.98 Å². The summed E-state index contributed by atoms with van der Waals surface area (Å²) in [4.78, 5) is 7.36. The molecule has 0 aliphatic heterocycles. The number of hydrogen-bond acceptors (Lipinski definition) is 2. The Morgan fingerprint density at radius 1 is 1.31 bits per heavy atom. The summed E-state index contributed by atoms with van der Waals surface area (Å²) in [5.41, 5.74) is 1.99. The highest BCUT2D eigenvalue weighted by Crippen LogP contribution is 2.07. The first-order valence-electron chi connectivity index (χ1n) is 4.95. The zero-order valence-corrected chi connectivity index (χ0v) is 9.64. The van der Waals surface area contributed by atoms with Gasteiger partial charge in [0.1, 0.15) is 16.3 Å². The van der Waals surface area contributed by atoms with Gasteiger partial charge in [0, 0.05) is 12.1 Å². The van der Waals surface area contributed by atoms with Crippen LogP contribution in [0.2, 0.25) is 0 Å². The molecule has 0 atom stereocenters. The van der Waals surface area contributed by atoms with Crippen LogP contribution in [0, 0.1) is 17.4 Å². The number of rotatable bonds is 2. The number of nitrogens with zero attached hydrogens (tertiary/aromatic N) is 1. The van der Waals surface area contributed by atoms with Crippen molar-refractivity contribution in [3.63, 3.8) is 0 Å². The van der Waals surface area contributed by atoms with Crippen LogP contribution in [-0.2, 0) is 6.42 Å². The van der Waals surface area contributed by atoms with Gasteiger partial charge >= 0.3 is 0 Å². The number of H-pyrrole nitrogens is 1. The molecular weight excluding hydrogens is 223 g/mol. The quantitative estimate of drug-likeness (QED) is 0.808. The molecule has 0 aliphatic carbocycles. The van der Waals surface area contributed by atoms with E-state index in [0.717, 1.165) is 17.1 Å². The predicted octanol–water partition coefficient (Wildman–Crippen LogP) is 3.18. The van der Waals surface area contributed by atoms with Crippen LogP contribution in [-0.4, -0.2) is 9.97 Å². The molecule has 0 bridgehead atoms. The summed E-state index contributed by atoms with van der Waals surface area (Å²) in [5.74, 6) is 0.575. The summed E-state index contributed by atoms with van der Waals surface area (Å²) in [6.45, 7) is 1.94. The number of nitrogens with one attached hydrogen (secondary N) is 1. The highest BCUT2D eigenvalue weighted by Gasteiger charge is 1.99. The molecule has 0 aliphatic rings. The molecule has 82 valence electrons. The van der Waals surface area contributed by atoms with Gasteiger partial charge in [-0.2, -0.15) is 0 Å². The lowest BCUT2D eigenvalue weighted by atomic mass is 10.1. The molecule has 0 radical (unpaired) electrons. The summed E-state index contributed by atoms with van der Waals surface area (Å²) < 4.78 is 13.3. The van der Waals surface area contributed by atoms with Crippen molar-refractivity contribution >= 4 is 12.2 Å². The Morgan fingerprint density at radius 2 is 2.00 bits per heavy atom. The van der Waals surface area contributed by atoms with E-state index in [4.69, 9.17) is 12.2 Å². The van der Waals surface area contributed by atoms with E-state index in [1.54, 1.807) is 12.1 Å². The van der Waals surface area contributed by atoms with Crippen LogP contribution in [0.3, 0.4) is 0 Å². The van der Waals surface area contributed by atoms with Crippen LogP contribution in [0.25, 0.3) is 0 Å². The van der Waals surface area contributed by atoms with Crippen molar-refractivity contribution in [1.82, 2.24) is 9.97 Å². The fourth-order valence-electron chi connectivity index (χ4n) is 1.52. The molecule has 1 heterocycles. The molecule has 0 fully saturated rings. The van der Waals surface area contributed by atoms with E-state index in [1.807, 2.05) is 13.0 Å². The largest absolute Gasteiger partial charge is 0.347 e. The van der Waals surface area contributed by atoms with Gasteiger partial charge in [0.15, 0.2) is 0 Å². The number of aromatic nitrogens is 2. The number of aryl methyl sites for hydroxylation is 1. The van der Waals surface area contributed by atoms with Crippen LogP contribution in [0.15, 0.2) is 30.3 Å². The molecule has 2 rings (SSSR count). The van der Waals surface area contributed by atoms with Gasteiger partial charge in [-0.3, -0.25) is 0 Å². The van der Waals surface area contributed by atoms with Gasteiger partial charge in [-0.1, -0.05) is 24.4 Å². The number of hydrogen-bond donors (Lipinski definition) is 1. The minimum absolute atomic E-state index is 0.228. The second kappa shape index (κ2) is 4.53. The Kier molecular flexibility index (Phi) is 3.10. The zero-order chi connectivity index (χ0) is 11.5. The van der Waals surface area contributed by atoms with Crippen LogP contribution in [0.1, 0.15) is 17.1 Å². The zero-order valence-electron chi connectivity index (χ0n) is 8.83. The third-order valence-corrected chi connectivity index (χ3v) is 2.42. The first-order chi connectivity index (χ1) is 7.63. The summed E-state index contributed by atoms with van der Waals surface area (Å²) in [5, 5.41) is 0. The number of benzene rings is 1. The average molecular weight is 234 g/mol. The fraction of sp³-hybridized carbons (Fsp3) is 0.167. The molecular formula is C12H11FN2S. The normalized spacial score (nSPS) is 10.4. The van der Waals surface area contributed by atoms with E-state index in [0.29, 0.717) is 11.1 Å². The Morgan fingerprint density at radius 3 is 2.62 bits per heavy atom. The van der Waals surface area contributed by atoms with E-state index in [9.17, 15) is 4.39 Å². The summed E-state index contributed by atoms with van der Waals surface area (Å²) in [7, 11) is 0. The van der Waals surface area contributed by atoms with Crippen LogP contribution >= 0.6 is 12.2 Å². The van der Waals surface area contributed by atoms with Crippen molar-refractivity contribution in [2.75, 3.05) is 0 Å². The SMILES string of the molecule is Cc1cc(=S)nc(Cc2ccc(F)cc2)[nH]1. The molecule has 2 nitrogen and oxygen atoms in total. The van der Waals surface area contributed by atoms with Crippen molar-refractivity contribution in [2.24, 2.45) is 0 Å². The van der Waals surface area contributed by atoms with Crippen molar-refractivity contribution in [2.45, 2.75) is 13.3 Å². The fourth-order valence-corrected chi connectivity index (χ4v) is 1.81. The van der Waals surface area contributed by atoms with Crippen LogP contribution in [0.4, 0.5) is 4.39 Å². The Balaban J connectivity index is 2.26. The number of aromatic amines is 1. The smallest absolute Gasteiger partial charge is 0.129 e. The van der Waals surface area contributed by atoms with E-state index >= 15 is 0 Å². The maximum Gasteiger partial charge on any atom is 0.129 e. The minimum atomic E-state index is -0.228. The predicted molar refractivity (Wildman–Crippen MR) is 63.4 cm³/mol. The molecule has 16 heavy (non-hydrogen) atoms. The molecule has 1 aromatic heterocycles. The van der Waals surface area contributed by atoms with Crippen molar-refractivity contribution in [1.29, 1.82) is 0 Å². The monoisotopic (exact) mass is 234 g/mol. The highest BCUT2D eigenvalue weighted by atomic mass is 32.1. The third-order valence-electron chi connectivity index (χ3n) is 2.21. The lowest BCUT2D eigenvalue weighted by Gasteiger charge is -2.03. The summed E-state index contributed by atoms with van der Waals surface area (Å²) in [6, 6.07) is 8.19. The van der Waals surface area contributed by atoms with Crippen molar-refractivity contribution in [3.05, 3.63) is 57.9 Å². The second-order valence-corrected chi connectivity index (χ2v) is 4.07. The van der Waals surface area contributed by atoms with Crippen LogP contribution in [0.5, 0.6) is 0 Å². The number of halogens is 1. The maximum absolute atomic E-state index is 12.7. The first-order valence-corrected chi connectivity index (χ1v) is 5.35. The van der Waals surface area contributed by atoms with E-state index in [1.165, 1.54) is 12.1 Å². The lowest BCUT2D eigenvalue weighted by Crippen LogP contribution is -1.98. The van der Waals surface area contributed by atoms with E-state index in [2.05, 4.69) is 9.97 Å². The molecule has 4 heteroatoms. The van der Waals surface area contributed by atoms with Gasteiger partial charge in [-0.15, -0.1) is 0 Å². The van der Waals surface area contributed by atoms with Gasteiger partial charge in [0.2, 0.25) is 0 Å². The van der Waals surface area contributed by atoms with Crippen LogP contribution < -0.4 is 0 Å². The van der Waals surface area contributed by atoms with Gasteiger partial charge in [-0.25, -0.2) is 9.37 Å². The third kappa shape index (κ3) is 2.73. The molecule has 2 aromatic rings. The van der Waals surface area contributed by atoms with Gasteiger partial charge in [-0.05, 0) is 30.7 Å². The Labute approximate surface area is 98.2 Å². The first kappa shape index (κ1) is 11.0. The van der Waals surface area contributed by atoms with E-state index < -0.39 is 0 Å². The van der Waals surface area contributed by atoms with Crippen molar-refractivity contribution < 1.29 is 4.39 Å². The topological polar surface area (TPSA) is 28.7 Å². The molecule has 0 saturated carbocycles. The molecule has 0 saturated heterocycles. The van der Waals surface area contributed by atoms with E-state index in [-0.39, 0.29) is 5.82 Å². The molecule has 0 amide bonds. The lowest BCUT2D eigenvalue weighted by molar-refractivity contribution is 0.627. The van der Waals surface area contributed by atoms with Crippen molar-refractivity contribution in [3.8, 4) is 0 Å². The molecule has 0 spiro atoms. The summed E-state index contributed by atoms with van der Waals surface area (Å²) >= 11 is 5.03. The molecule has 1 N–H and O–H groups in total. The second-order valence-electron chi connectivity index (χ2n) is 3.65. The Bertz CT molecular complexity index is 546. The standard InChI is InChI=1S/C12H11FN2S/c1-8-6-12(16)15-11(14-8)7-9-2-4-10(13)5-3-9/h2-6H,7H2,1H3,(H,14,15,16). The minimum Gasteiger partial charge on any atom is -0.347 e. The highest BCUT2D eigenvalue weighted by molar-refractivity contribution is 7.71. The Hall–Kier alpha value is -1.55. The average Bonchev–Trinajstić information content (AvgIpc) is 2.20. The van der Waals surface area contributed by atoms with Gasteiger partial charge in [0.05, 0.1) is 0 Å². The maximum atomic E-state index is 12.7. The molecule has 0 unspecified atom stereocenters. The summed E-state index contributed by atoms with van der Waals surface area (Å²) in [6.07, 6.45) is 0.631.